The zero-order chi connectivity index (χ0) is 20.3. The normalized spacial score (nSPS) is 15.6. The molecular weight excluding hydrogens is 376 g/mol. The minimum atomic E-state index is -0.610. The average molecular weight is 403 g/mol. The molecule has 1 N–H and O–H groups in total. The van der Waals surface area contributed by atoms with Crippen LogP contribution in [0.25, 0.3) is 0 Å². The molecule has 2 heterocycles. The number of carbonyl (C=O) groups excluding carboxylic acids is 2. The molecule has 2 aromatic rings. The Balaban J connectivity index is 1.87. The highest BCUT2D eigenvalue weighted by atomic mass is 32.1. The zero-order valence-corrected chi connectivity index (χ0v) is 17.6. The van der Waals surface area contributed by atoms with Crippen LogP contribution in [0, 0.1) is 5.41 Å². The lowest BCUT2D eigenvalue weighted by Gasteiger charge is -2.27. The molecular formula is C20H26N4O3S. The average Bonchev–Trinajstić information content (AvgIpc) is 3.10. The van der Waals surface area contributed by atoms with Gasteiger partial charge in [0.2, 0.25) is 5.91 Å². The van der Waals surface area contributed by atoms with Gasteiger partial charge in [0.05, 0.1) is 16.8 Å². The van der Waals surface area contributed by atoms with Gasteiger partial charge in [-0.15, -0.1) is 5.10 Å². The summed E-state index contributed by atoms with van der Waals surface area (Å²) < 4.78 is 9.85. The molecule has 0 saturated carbocycles. The summed E-state index contributed by atoms with van der Waals surface area (Å²) in [5.74, 6) is 0.417. The number of hydrogen-bond acceptors (Lipinski definition) is 6. The van der Waals surface area contributed by atoms with Crippen molar-refractivity contribution in [1.82, 2.24) is 9.59 Å². The van der Waals surface area contributed by atoms with Crippen LogP contribution in [0.2, 0.25) is 0 Å². The van der Waals surface area contributed by atoms with Crippen LogP contribution in [0.1, 0.15) is 55.9 Å². The Morgan fingerprint density at radius 1 is 1.32 bits per heavy atom. The van der Waals surface area contributed by atoms with E-state index in [-0.39, 0.29) is 18.4 Å². The number of nitrogens with one attached hydrogen (secondary N) is 1. The quantitative estimate of drug-likeness (QED) is 0.792. The molecule has 7 nitrogen and oxygen atoms in total. The van der Waals surface area contributed by atoms with E-state index in [1.54, 1.807) is 17.0 Å². The molecule has 2 amide bonds. The van der Waals surface area contributed by atoms with Crippen LogP contribution in [0.5, 0.6) is 5.75 Å². The summed E-state index contributed by atoms with van der Waals surface area (Å²) in [4.78, 5) is 27.9. The molecule has 8 heteroatoms. The molecule has 1 aromatic heterocycles. The number of aromatic nitrogens is 2. The van der Waals surface area contributed by atoms with Crippen molar-refractivity contribution in [2.75, 3.05) is 23.4 Å². The number of aryl methyl sites for hydroxylation is 1. The molecule has 150 valence electrons. The standard InChI is InChI=1S/C20H26N4O3S/c1-5-7-14-17(28-23-22-14)18(25)21-13-8-9-15-16(11-13)27-12-20(3,4)19(26)24(15)10-6-2/h8-9,11H,5-7,10,12H2,1-4H3,(H,21,25). The number of amides is 2. The summed E-state index contributed by atoms with van der Waals surface area (Å²) in [5.41, 5.74) is 1.46. The lowest BCUT2D eigenvalue weighted by molar-refractivity contribution is -0.127. The van der Waals surface area contributed by atoms with E-state index in [0.717, 1.165) is 42.2 Å². The van der Waals surface area contributed by atoms with Crippen LogP contribution < -0.4 is 15.0 Å². The van der Waals surface area contributed by atoms with Crippen molar-refractivity contribution < 1.29 is 14.3 Å². The first-order valence-corrected chi connectivity index (χ1v) is 10.4. The van der Waals surface area contributed by atoms with Gasteiger partial charge in [-0.2, -0.15) is 0 Å². The van der Waals surface area contributed by atoms with E-state index in [4.69, 9.17) is 4.74 Å². The van der Waals surface area contributed by atoms with Gasteiger partial charge in [0.15, 0.2) is 0 Å². The molecule has 0 saturated heterocycles. The Morgan fingerprint density at radius 3 is 2.82 bits per heavy atom. The highest BCUT2D eigenvalue weighted by molar-refractivity contribution is 7.08. The number of carbonyl (C=O) groups is 2. The summed E-state index contributed by atoms with van der Waals surface area (Å²) in [7, 11) is 0. The van der Waals surface area contributed by atoms with Crippen molar-refractivity contribution in [2.24, 2.45) is 5.41 Å². The second kappa shape index (κ2) is 8.26. The fourth-order valence-electron chi connectivity index (χ4n) is 3.14. The van der Waals surface area contributed by atoms with Crippen molar-refractivity contribution in [1.29, 1.82) is 0 Å². The summed E-state index contributed by atoms with van der Waals surface area (Å²) in [6.07, 6.45) is 2.46. The van der Waals surface area contributed by atoms with Gasteiger partial charge in [-0.1, -0.05) is 24.8 Å². The van der Waals surface area contributed by atoms with Crippen LogP contribution in [-0.4, -0.2) is 34.6 Å². The maximum absolute atomic E-state index is 12.9. The van der Waals surface area contributed by atoms with Gasteiger partial charge < -0.3 is 15.0 Å². The third-order valence-electron chi connectivity index (χ3n) is 4.62. The molecule has 0 bridgehead atoms. The monoisotopic (exact) mass is 402 g/mol. The maximum atomic E-state index is 12.9. The van der Waals surface area contributed by atoms with Crippen molar-refractivity contribution in [2.45, 2.75) is 47.0 Å². The Bertz CT molecular complexity index is 878. The van der Waals surface area contributed by atoms with Crippen LogP contribution in [0.15, 0.2) is 18.2 Å². The highest BCUT2D eigenvalue weighted by Gasteiger charge is 2.37. The van der Waals surface area contributed by atoms with Gasteiger partial charge in [0.1, 0.15) is 17.2 Å². The van der Waals surface area contributed by atoms with Crippen LogP contribution in [0.4, 0.5) is 11.4 Å². The molecule has 1 aliphatic rings. The Hall–Kier alpha value is -2.48. The minimum absolute atomic E-state index is 0.0461. The van der Waals surface area contributed by atoms with E-state index < -0.39 is 5.41 Å². The fourth-order valence-corrected chi connectivity index (χ4v) is 3.74. The molecule has 1 aliphatic heterocycles. The van der Waals surface area contributed by atoms with Gasteiger partial charge >= 0.3 is 0 Å². The SMILES string of the molecule is CCCc1nnsc1C(=O)Nc1ccc2c(c1)OCC(C)(C)C(=O)N2CCC. The summed E-state index contributed by atoms with van der Waals surface area (Å²) >= 11 is 1.10. The number of hydrogen-bond donors (Lipinski definition) is 1. The summed E-state index contributed by atoms with van der Waals surface area (Å²) in [6.45, 7) is 8.76. The molecule has 0 spiro atoms. The first kappa shape index (κ1) is 20.3. The van der Waals surface area contributed by atoms with Crippen LogP contribution in [-0.2, 0) is 11.2 Å². The smallest absolute Gasteiger partial charge is 0.269 e. The van der Waals surface area contributed by atoms with Crippen molar-refractivity contribution in [3.8, 4) is 5.75 Å². The molecule has 0 fully saturated rings. The van der Waals surface area contributed by atoms with Crippen molar-refractivity contribution >= 4 is 34.7 Å². The predicted octanol–water partition coefficient (Wildman–Crippen LogP) is 3.90. The van der Waals surface area contributed by atoms with Crippen LogP contribution in [0.3, 0.4) is 0 Å². The van der Waals surface area contributed by atoms with Gasteiger partial charge in [-0.25, -0.2) is 0 Å². The fraction of sp³-hybridized carbons (Fsp3) is 0.500. The topological polar surface area (TPSA) is 84.4 Å². The number of ether oxygens (including phenoxy) is 1. The molecule has 0 aliphatic carbocycles. The maximum Gasteiger partial charge on any atom is 0.269 e. The zero-order valence-electron chi connectivity index (χ0n) is 16.7. The number of nitrogens with zero attached hydrogens (tertiary/aromatic N) is 3. The summed E-state index contributed by atoms with van der Waals surface area (Å²) in [6, 6.07) is 5.40. The molecule has 3 rings (SSSR count). The van der Waals surface area contributed by atoms with Gasteiger partial charge in [0, 0.05) is 18.3 Å². The van der Waals surface area contributed by atoms with Crippen molar-refractivity contribution in [3.05, 3.63) is 28.8 Å². The Kier molecular flexibility index (Phi) is 5.98. The van der Waals surface area contributed by atoms with Gasteiger partial charge in [0.25, 0.3) is 5.91 Å². The van der Waals surface area contributed by atoms with E-state index in [9.17, 15) is 9.59 Å². The van der Waals surface area contributed by atoms with E-state index in [0.29, 0.717) is 22.9 Å². The lowest BCUT2D eigenvalue weighted by Crippen LogP contribution is -2.42. The second-order valence-corrected chi connectivity index (χ2v) is 8.32. The van der Waals surface area contributed by atoms with Crippen molar-refractivity contribution in [3.63, 3.8) is 0 Å². The first-order chi connectivity index (χ1) is 13.4. The molecule has 28 heavy (non-hydrogen) atoms. The summed E-state index contributed by atoms with van der Waals surface area (Å²) in [5, 5.41) is 6.95. The highest BCUT2D eigenvalue weighted by Crippen LogP contribution is 2.38. The molecule has 1 aromatic carbocycles. The van der Waals surface area contributed by atoms with E-state index in [2.05, 4.69) is 14.9 Å². The number of rotatable bonds is 6. The van der Waals surface area contributed by atoms with E-state index >= 15 is 0 Å². The molecule has 0 atom stereocenters. The molecule has 0 unspecified atom stereocenters. The Morgan fingerprint density at radius 2 is 2.11 bits per heavy atom. The molecule has 0 radical (unpaired) electrons. The van der Waals surface area contributed by atoms with Crippen LogP contribution >= 0.6 is 11.5 Å². The third kappa shape index (κ3) is 4.01. The van der Waals surface area contributed by atoms with Gasteiger partial charge in [-0.3, -0.25) is 9.59 Å². The number of anilines is 2. The lowest BCUT2D eigenvalue weighted by atomic mass is 9.93. The number of fused-ring (bicyclic) bond motifs is 1. The first-order valence-electron chi connectivity index (χ1n) is 9.58. The second-order valence-electron chi connectivity index (χ2n) is 7.56. The largest absolute Gasteiger partial charge is 0.490 e. The third-order valence-corrected chi connectivity index (χ3v) is 5.38. The predicted molar refractivity (Wildman–Crippen MR) is 110 cm³/mol. The van der Waals surface area contributed by atoms with E-state index in [1.807, 2.05) is 33.8 Å². The van der Waals surface area contributed by atoms with Gasteiger partial charge in [-0.05, 0) is 50.4 Å². The number of benzene rings is 1. The van der Waals surface area contributed by atoms with E-state index in [1.165, 1.54) is 0 Å². The Labute approximate surface area is 169 Å². The minimum Gasteiger partial charge on any atom is -0.490 e.